The van der Waals surface area contributed by atoms with E-state index < -0.39 is 5.60 Å². The summed E-state index contributed by atoms with van der Waals surface area (Å²) < 4.78 is 0. The molecule has 1 fully saturated rings. The molecular formula is C11H22N2O2. The number of hydrogen-bond donors (Lipinski definition) is 2. The molecule has 0 aromatic carbocycles. The van der Waals surface area contributed by atoms with Crippen molar-refractivity contribution in [2.75, 3.05) is 26.2 Å². The summed E-state index contributed by atoms with van der Waals surface area (Å²) in [5, 5.41) is 12.5. The van der Waals surface area contributed by atoms with Crippen molar-refractivity contribution in [2.45, 2.75) is 38.7 Å². The minimum Gasteiger partial charge on any atom is -0.389 e. The molecule has 4 heteroatoms. The maximum atomic E-state index is 11.6. The van der Waals surface area contributed by atoms with Crippen LogP contribution in [0.1, 0.15) is 33.1 Å². The molecule has 1 amide bonds. The fourth-order valence-corrected chi connectivity index (χ4v) is 1.71. The van der Waals surface area contributed by atoms with Gasteiger partial charge >= 0.3 is 0 Å². The number of aliphatic hydroxyl groups is 1. The van der Waals surface area contributed by atoms with Crippen LogP contribution in [0.2, 0.25) is 0 Å². The number of carbonyl (C=O) groups is 1. The summed E-state index contributed by atoms with van der Waals surface area (Å²) in [5.74, 6) is 0.232. The molecule has 1 saturated heterocycles. The van der Waals surface area contributed by atoms with E-state index in [2.05, 4.69) is 5.32 Å². The molecule has 0 aliphatic carbocycles. The second-order valence-electron chi connectivity index (χ2n) is 4.83. The normalized spacial score (nSPS) is 17.1. The SMILES string of the molecule is CC(C)(O)CNCCC(=O)N1CCCC1. The zero-order chi connectivity index (χ0) is 11.3. The lowest BCUT2D eigenvalue weighted by Crippen LogP contribution is -2.37. The smallest absolute Gasteiger partial charge is 0.223 e. The second-order valence-corrected chi connectivity index (χ2v) is 4.83. The molecule has 0 spiro atoms. The molecule has 0 bridgehead atoms. The van der Waals surface area contributed by atoms with Gasteiger partial charge in [-0.05, 0) is 26.7 Å². The van der Waals surface area contributed by atoms with E-state index in [-0.39, 0.29) is 5.91 Å². The monoisotopic (exact) mass is 214 g/mol. The van der Waals surface area contributed by atoms with Gasteiger partial charge in [0, 0.05) is 32.6 Å². The quantitative estimate of drug-likeness (QED) is 0.650. The molecular weight excluding hydrogens is 192 g/mol. The van der Waals surface area contributed by atoms with E-state index in [4.69, 9.17) is 0 Å². The van der Waals surface area contributed by atoms with Crippen LogP contribution >= 0.6 is 0 Å². The van der Waals surface area contributed by atoms with Gasteiger partial charge in [-0.2, -0.15) is 0 Å². The predicted molar refractivity (Wildman–Crippen MR) is 59.6 cm³/mol. The maximum Gasteiger partial charge on any atom is 0.223 e. The van der Waals surface area contributed by atoms with E-state index in [9.17, 15) is 9.90 Å². The van der Waals surface area contributed by atoms with Crippen LogP contribution in [0.5, 0.6) is 0 Å². The Morgan fingerprint density at radius 3 is 2.53 bits per heavy atom. The Labute approximate surface area is 91.6 Å². The molecule has 0 atom stereocenters. The first kappa shape index (κ1) is 12.5. The number of hydrogen-bond acceptors (Lipinski definition) is 3. The summed E-state index contributed by atoms with van der Waals surface area (Å²) >= 11 is 0. The van der Waals surface area contributed by atoms with Crippen LogP contribution in [0.3, 0.4) is 0 Å². The number of amides is 1. The molecule has 0 unspecified atom stereocenters. The van der Waals surface area contributed by atoms with Crippen molar-refractivity contribution < 1.29 is 9.90 Å². The van der Waals surface area contributed by atoms with Crippen molar-refractivity contribution in [1.29, 1.82) is 0 Å². The van der Waals surface area contributed by atoms with Crippen molar-refractivity contribution in [3.8, 4) is 0 Å². The highest BCUT2D eigenvalue weighted by atomic mass is 16.3. The maximum absolute atomic E-state index is 11.6. The molecule has 15 heavy (non-hydrogen) atoms. The zero-order valence-corrected chi connectivity index (χ0v) is 9.75. The summed E-state index contributed by atoms with van der Waals surface area (Å²) in [6, 6.07) is 0. The van der Waals surface area contributed by atoms with Gasteiger partial charge in [0.2, 0.25) is 5.91 Å². The Hall–Kier alpha value is -0.610. The second kappa shape index (κ2) is 5.47. The molecule has 0 aromatic heterocycles. The van der Waals surface area contributed by atoms with Crippen molar-refractivity contribution in [1.82, 2.24) is 10.2 Å². The number of nitrogens with one attached hydrogen (secondary N) is 1. The van der Waals surface area contributed by atoms with Crippen molar-refractivity contribution in [3.63, 3.8) is 0 Å². The highest BCUT2D eigenvalue weighted by molar-refractivity contribution is 5.76. The van der Waals surface area contributed by atoms with Crippen LogP contribution in [-0.2, 0) is 4.79 Å². The fourth-order valence-electron chi connectivity index (χ4n) is 1.71. The first-order valence-electron chi connectivity index (χ1n) is 5.70. The van der Waals surface area contributed by atoms with E-state index in [1.807, 2.05) is 4.90 Å². The molecule has 0 radical (unpaired) electrons. The van der Waals surface area contributed by atoms with Gasteiger partial charge in [-0.15, -0.1) is 0 Å². The Morgan fingerprint density at radius 2 is 2.00 bits per heavy atom. The highest BCUT2D eigenvalue weighted by Gasteiger charge is 2.17. The van der Waals surface area contributed by atoms with E-state index >= 15 is 0 Å². The molecule has 1 aliphatic heterocycles. The molecule has 1 rings (SSSR count). The van der Waals surface area contributed by atoms with Gasteiger partial charge < -0.3 is 15.3 Å². The van der Waals surface area contributed by atoms with E-state index in [1.165, 1.54) is 0 Å². The summed E-state index contributed by atoms with van der Waals surface area (Å²) in [5.41, 5.74) is -0.698. The highest BCUT2D eigenvalue weighted by Crippen LogP contribution is 2.08. The van der Waals surface area contributed by atoms with Gasteiger partial charge in [0.1, 0.15) is 0 Å². The summed E-state index contributed by atoms with van der Waals surface area (Å²) in [4.78, 5) is 13.5. The average molecular weight is 214 g/mol. The first-order chi connectivity index (χ1) is 6.99. The van der Waals surface area contributed by atoms with Gasteiger partial charge in [-0.3, -0.25) is 4.79 Å². The minimum atomic E-state index is -0.698. The number of carbonyl (C=O) groups excluding carboxylic acids is 1. The van der Waals surface area contributed by atoms with Crippen LogP contribution in [0.25, 0.3) is 0 Å². The van der Waals surface area contributed by atoms with Crippen LogP contribution in [0.4, 0.5) is 0 Å². The topological polar surface area (TPSA) is 52.6 Å². The Balaban J connectivity index is 2.07. The fraction of sp³-hybridized carbons (Fsp3) is 0.909. The van der Waals surface area contributed by atoms with Crippen molar-refractivity contribution in [3.05, 3.63) is 0 Å². The summed E-state index contributed by atoms with van der Waals surface area (Å²) in [7, 11) is 0. The average Bonchev–Trinajstić information content (AvgIpc) is 2.63. The van der Waals surface area contributed by atoms with Gasteiger partial charge in [0.05, 0.1) is 5.60 Å². The van der Waals surface area contributed by atoms with E-state index in [1.54, 1.807) is 13.8 Å². The molecule has 1 aliphatic rings. The largest absolute Gasteiger partial charge is 0.389 e. The summed E-state index contributed by atoms with van der Waals surface area (Å²) in [6.45, 7) is 6.53. The predicted octanol–water partition coefficient (Wildman–Crippen LogP) is 0.359. The number of nitrogens with zero attached hydrogens (tertiary/aromatic N) is 1. The Kier molecular flexibility index (Phi) is 4.54. The van der Waals surface area contributed by atoms with Gasteiger partial charge in [0.25, 0.3) is 0 Å². The lowest BCUT2D eigenvalue weighted by Gasteiger charge is -2.19. The molecule has 2 N–H and O–H groups in total. The summed E-state index contributed by atoms with van der Waals surface area (Å²) in [6.07, 6.45) is 2.82. The molecule has 1 heterocycles. The van der Waals surface area contributed by atoms with E-state index in [0.717, 1.165) is 25.9 Å². The first-order valence-corrected chi connectivity index (χ1v) is 5.70. The molecule has 0 saturated carbocycles. The lowest BCUT2D eigenvalue weighted by atomic mass is 10.1. The molecule has 88 valence electrons. The Morgan fingerprint density at radius 1 is 1.40 bits per heavy atom. The molecule has 0 aromatic rings. The minimum absolute atomic E-state index is 0.232. The number of likely N-dealkylation sites (tertiary alicyclic amines) is 1. The van der Waals surface area contributed by atoms with Crippen LogP contribution in [-0.4, -0.2) is 47.7 Å². The third-order valence-corrected chi connectivity index (χ3v) is 2.53. The number of rotatable bonds is 5. The van der Waals surface area contributed by atoms with Gasteiger partial charge in [-0.25, -0.2) is 0 Å². The van der Waals surface area contributed by atoms with Gasteiger partial charge in [0.15, 0.2) is 0 Å². The van der Waals surface area contributed by atoms with Crippen LogP contribution in [0, 0.1) is 0 Å². The van der Waals surface area contributed by atoms with Crippen LogP contribution < -0.4 is 5.32 Å². The van der Waals surface area contributed by atoms with E-state index in [0.29, 0.717) is 19.5 Å². The third kappa shape index (κ3) is 5.14. The van der Waals surface area contributed by atoms with Crippen LogP contribution in [0.15, 0.2) is 0 Å². The molecule has 4 nitrogen and oxygen atoms in total. The Bertz CT molecular complexity index is 205. The standard InChI is InChI=1S/C11H22N2O2/c1-11(2,15)9-12-6-5-10(14)13-7-3-4-8-13/h12,15H,3-9H2,1-2H3. The van der Waals surface area contributed by atoms with Gasteiger partial charge in [-0.1, -0.05) is 0 Å². The zero-order valence-electron chi connectivity index (χ0n) is 9.75. The van der Waals surface area contributed by atoms with Crippen molar-refractivity contribution in [2.24, 2.45) is 0 Å². The lowest BCUT2D eigenvalue weighted by molar-refractivity contribution is -0.130. The van der Waals surface area contributed by atoms with Crippen molar-refractivity contribution >= 4 is 5.91 Å². The third-order valence-electron chi connectivity index (χ3n) is 2.53.